The van der Waals surface area contributed by atoms with Crippen LogP contribution in [0.3, 0.4) is 0 Å². The van der Waals surface area contributed by atoms with Crippen LogP contribution in [0.2, 0.25) is 0 Å². The van der Waals surface area contributed by atoms with E-state index < -0.39 is 33.7 Å². The fraction of sp³-hybridized carbons (Fsp3) is 0.125. The number of amides is 1. The van der Waals surface area contributed by atoms with Gasteiger partial charge >= 0.3 is 0 Å². The minimum atomic E-state index is -4.16. The van der Waals surface area contributed by atoms with Gasteiger partial charge in [-0.25, -0.2) is 17.1 Å². The summed E-state index contributed by atoms with van der Waals surface area (Å²) < 4.78 is 41.5. The van der Waals surface area contributed by atoms with E-state index in [2.05, 4.69) is 6.58 Å². The van der Waals surface area contributed by atoms with Gasteiger partial charge in [0.05, 0.1) is 10.9 Å². The number of benzene rings is 3. The summed E-state index contributed by atoms with van der Waals surface area (Å²) in [5.74, 6) is -1.67. The molecule has 1 aliphatic heterocycles. The third-order valence-corrected chi connectivity index (χ3v) is 7.15. The predicted octanol–water partition coefficient (Wildman–Crippen LogP) is 4.75. The average molecular weight is 421 g/mol. The molecule has 4 rings (SSSR count). The van der Waals surface area contributed by atoms with Gasteiger partial charge in [0.15, 0.2) is 0 Å². The fourth-order valence-electron chi connectivity index (χ4n) is 3.84. The van der Waals surface area contributed by atoms with Crippen LogP contribution in [0.4, 0.5) is 4.39 Å². The molecule has 152 valence electrons. The molecule has 4 nitrogen and oxygen atoms in total. The maximum Gasteiger partial charge on any atom is 0.267 e. The maximum atomic E-state index is 13.6. The normalized spacial score (nSPS) is 19.3. The lowest BCUT2D eigenvalue weighted by Gasteiger charge is -2.28. The Bertz CT molecular complexity index is 1200. The average Bonchev–Trinajstić information content (AvgIpc) is 3.01. The summed E-state index contributed by atoms with van der Waals surface area (Å²) in [7, 11) is -4.16. The summed E-state index contributed by atoms with van der Waals surface area (Å²) in [5.41, 5.74) is 2.38. The molecule has 0 unspecified atom stereocenters. The quantitative estimate of drug-likeness (QED) is 0.572. The second kappa shape index (κ2) is 7.54. The minimum absolute atomic E-state index is 0.0232. The van der Waals surface area contributed by atoms with E-state index in [1.165, 1.54) is 36.4 Å². The third kappa shape index (κ3) is 3.33. The lowest BCUT2D eigenvalue weighted by molar-refractivity contribution is -0.121. The van der Waals surface area contributed by atoms with Crippen LogP contribution in [0, 0.1) is 12.7 Å². The Kier molecular flexibility index (Phi) is 5.03. The number of hydrogen-bond donors (Lipinski definition) is 0. The van der Waals surface area contributed by atoms with Crippen LogP contribution in [-0.2, 0) is 14.8 Å². The van der Waals surface area contributed by atoms with Crippen LogP contribution < -0.4 is 0 Å². The molecule has 0 spiro atoms. The van der Waals surface area contributed by atoms with Crippen LogP contribution in [-0.4, -0.2) is 18.6 Å². The first-order valence-corrected chi connectivity index (χ1v) is 10.9. The summed E-state index contributed by atoms with van der Waals surface area (Å²) >= 11 is 0. The highest BCUT2D eigenvalue weighted by Gasteiger charge is 2.50. The molecule has 1 amide bonds. The van der Waals surface area contributed by atoms with Crippen LogP contribution >= 0.6 is 0 Å². The highest BCUT2D eigenvalue weighted by Crippen LogP contribution is 2.49. The molecule has 6 heteroatoms. The number of carbonyl (C=O) groups excluding carboxylic acids is 1. The molecule has 0 N–H and O–H groups in total. The van der Waals surface area contributed by atoms with E-state index in [9.17, 15) is 17.6 Å². The summed E-state index contributed by atoms with van der Waals surface area (Å²) in [6.45, 7) is 5.78. The van der Waals surface area contributed by atoms with Gasteiger partial charge < -0.3 is 0 Å². The Labute approximate surface area is 175 Å². The Hall–Kier alpha value is -3.25. The van der Waals surface area contributed by atoms with E-state index in [4.69, 9.17) is 0 Å². The van der Waals surface area contributed by atoms with Gasteiger partial charge in [-0.1, -0.05) is 66.7 Å². The SMILES string of the molecule is C=C1C(=O)N(S(=O)(=O)c2ccc(C)cc2)[C@H](c2ccc(F)cc2)[C@@H]1c1ccccc1. The van der Waals surface area contributed by atoms with E-state index in [-0.39, 0.29) is 10.5 Å². The number of aryl methyl sites for hydroxylation is 1. The lowest BCUT2D eigenvalue weighted by Crippen LogP contribution is -2.35. The Morgan fingerprint density at radius 3 is 2.07 bits per heavy atom. The van der Waals surface area contributed by atoms with Crippen molar-refractivity contribution < 1.29 is 17.6 Å². The molecule has 0 saturated carbocycles. The summed E-state index contributed by atoms with van der Waals surface area (Å²) in [6, 6.07) is 20.2. The van der Waals surface area contributed by atoms with Gasteiger partial charge in [0.1, 0.15) is 5.82 Å². The molecule has 30 heavy (non-hydrogen) atoms. The smallest absolute Gasteiger partial charge is 0.267 e. The molecule has 0 aromatic heterocycles. The lowest BCUT2D eigenvalue weighted by atomic mass is 9.85. The number of rotatable bonds is 4. The number of sulfonamides is 1. The van der Waals surface area contributed by atoms with E-state index in [1.54, 1.807) is 12.1 Å². The van der Waals surface area contributed by atoms with E-state index in [0.717, 1.165) is 15.4 Å². The van der Waals surface area contributed by atoms with Gasteiger partial charge in [-0.15, -0.1) is 0 Å². The van der Waals surface area contributed by atoms with Gasteiger partial charge in [-0.05, 0) is 42.3 Å². The number of carbonyl (C=O) groups is 1. The zero-order chi connectivity index (χ0) is 21.5. The molecular formula is C24H20FNO3S. The first kappa shape index (κ1) is 20.0. The van der Waals surface area contributed by atoms with E-state index >= 15 is 0 Å². The Morgan fingerprint density at radius 1 is 0.867 bits per heavy atom. The molecule has 3 aromatic rings. The topological polar surface area (TPSA) is 54.5 Å². The van der Waals surface area contributed by atoms with Crippen LogP contribution in [0.1, 0.15) is 28.7 Å². The molecule has 1 heterocycles. The van der Waals surface area contributed by atoms with E-state index in [0.29, 0.717) is 5.56 Å². The number of nitrogens with zero attached hydrogens (tertiary/aromatic N) is 1. The van der Waals surface area contributed by atoms with Crippen molar-refractivity contribution in [3.8, 4) is 0 Å². The highest BCUT2D eigenvalue weighted by atomic mass is 32.2. The van der Waals surface area contributed by atoms with Crippen molar-refractivity contribution in [1.82, 2.24) is 4.31 Å². The second-order valence-corrected chi connectivity index (χ2v) is 9.14. The second-order valence-electron chi connectivity index (χ2n) is 7.33. The molecule has 0 aliphatic carbocycles. The van der Waals surface area contributed by atoms with Gasteiger partial charge in [-0.3, -0.25) is 4.79 Å². The van der Waals surface area contributed by atoms with Crippen molar-refractivity contribution in [2.24, 2.45) is 0 Å². The highest BCUT2D eigenvalue weighted by molar-refractivity contribution is 7.89. The molecule has 2 atom stereocenters. The predicted molar refractivity (Wildman–Crippen MR) is 113 cm³/mol. The first-order chi connectivity index (χ1) is 14.3. The van der Waals surface area contributed by atoms with Gasteiger partial charge in [0.25, 0.3) is 15.9 Å². The monoisotopic (exact) mass is 421 g/mol. The number of hydrogen-bond acceptors (Lipinski definition) is 3. The van der Waals surface area contributed by atoms with Crippen LogP contribution in [0.5, 0.6) is 0 Å². The molecule has 0 bridgehead atoms. The van der Waals surface area contributed by atoms with Gasteiger partial charge in [-0.2, -0.15) is 0 Å². The number of halogens is 1. The molecule has 1 saturated heterocycles. The van der Waals surface area contributed by atoms with Crippen molar-refractivity contribution in [2.45, 2.75) is 23.8 Å². The van der Waals surface area contributed by atoms with Crippen molar-refractivity contribution >= 4 is 15.9 Å². The van der Waals surface area contributed by atoms with Gasteiger partial charge in [0, 0.05) is 11.5 Å². The van der Waals surface area contributed by atoms with Crippen LogP contribution in [0.15, 0.2) is 95.9 Å². The molecular weight excluding hydrogens is 401 g/mol. The van der Waals surface area contributed by atoms with Crippen LogP contribution in [0.25, 0.3) is 0 Å². The zero-order valence-corrected chi connectivity index (χ0v) is 17.1. The van der Waals surface area contributed by atoms with E-state index in [1.807, 2.05) is 37.3 Å². The van der Waals surface area contributed by atoms with Gasteiger partial charge in [0.2, 0.25) is 0 Å². The molecule has 1 fully saturated rings. The minimum Gasteiger partial charge on any atom is -0.268 e. The first-order valence-electron chi connectivity index (χ1n) is 9.45. The summed E-state index contributed by atoms with van der Waals surface area (Å²) in [5, 5.41) is 0. The van der Waals surface area contributed by atoms with Crippen molar-refractivity contribution in [2.75, 3.05) is 0 Å². The molecule has 0 radical (unpaired) electrons. The Balaban J connectivity index is 1.91. The third-order valence-electron chi connectivity index (χ3n) is 5.37. The summed E-state index contributed by atoms with van der Waals surface area (Å²) in [4.78, 5) is 13.2. The van der Waals surface area contributed by atoms with Crippen molar-refractivity contribution in [1.29, 1.82) is 0 Å². The van der Waals surface area contributed by atoms with Crippen molar-refractivity contribution in [3.05, 3.63) is 114 Å². The standard InChI is InChI=1S/C24H20FNO3S/c1-16-8-14-21(15-9-16)30(28,29)26-23(19-10-12-20(25)13-11-19)22(17(2)24(26)27)18-6-4-3-5-7-18/h3-15,22-23H,2H2,1H3/t22-,23+/m0/s1. The zero-order valence-electron chi connectivity index (χ0n) is 16.3. The molecule has 3 aromatic carbocycles. The fourth-order valence-corrected chi connectivity index (χ4v) is 5.43. The maximum absolute atomic E-state index is 13.6. The summed E-state index contributed by atoms with van der Waals surface area (Å²) in [6.07, 6.45) is 0. The largest absolute Gasteiger partial charge is 0.268 e. The van der Waals surface area contributed by atoms with Crippen molar-refractivity contribution in [3.63, 3.8) is 0 Å². The molecule has 1 aliphatic rings. The Morgan fingerprint density at radius 2 is 1.47 bits per heavy atom.